The van der Waals surface area contributed by atoms with E-state index in [1.54, 1.807) is 0 Å². The maximum atomic E-state index is 11.8. The SMILES string of the molecule is CC(C)(CC(=O)O)NS(=O)(=O)NCC(F)(F)F. The molecule has 0 bridgehead atoms. The summed E-state index contributed by atoms with van der Waals surface area (Å²) < 4.78 is 60.7. The Morgan fingerprint density at radius 3 is 2.12 bits per heavy atom. The van der Waals surface area contributed by atoms with Crippen molar-refractivity contribution in [3.05, 3.63) is 0 Å². The van der Waals surface area contributed by atoms with Gasteiger partial charge in [0, 0.05) is 5.54 Å². The molecule has 0 aromatic carbocycles. The molecule has 0 rings (SSSR count). The Kier molecular flexibility index (Phi) is 4.92. The second-order valence-electron chi connectivity index (χ2n) is 4.00. The molecule has 0 aliphatic carbocycles. The third-order valence-corrected chi connectivity index (χ3v) is 2.81. The smallest absolute Gasteiger partial charge is 0.402 e. The fourth-order valence-corrected chi connectivity index (χ4v) is 2.22. The number of carboxylic acid groups (broad SMARTS) is 1. The summed E-state index contributed by atoms with van der Waals surface area (Å²) >= 11 is 0. The summed E-state index contributed by atoms with van der Waals surface area (Å²) in [7, 11) is -4.40. The molecule has 0 saturated heterocycles. The zero-order valence-corrected chi connectivity index (χ0v) is 9.94. The van der Waals surface area contributed by atoms with Crippen LogP contribution in [0.3, 0.4) is 0 Å². The van der Waals surface area contributed by atoms with Gasteiger partial charge < -0.3 is 5.11 Å². The van der Waals surface area contributed by atoms with Gasteiger partial charge in [0.1, 0.15) is 6.54 Å². The Bertz CT molecular complexity index is 377. The van der Waals surface area contributed by atoms with Gasteiger partial charge in [-0.1, -0.05) is 0 Å². The molecule has 0 aromatic heterocycles. The van der Waals surface area contributed by atoms with Crippen LogP contribution in [0.2, 0.25) is 0 Å². The Balaban J connectivity index is 4.50. The van der Waals surface area contributed by atoms with Crippen LogP contribution in [0.15, 0.2) is 0 Å². The van der Waals surface area contributed by atoms with Crippen molar-refractivity contribution in [1.82, 2.24) is 9.44 Å². The summed E-state index contributed by atoms with van der Waals surface area (Å²) in [6.07, 6.45) is -5.23. The van der Waals surface area contributed by atoms with E-state index in [0.29, 0.717) is 0 Å². The number of rotatable bonds is 6. The van der Waals surface area contributed by atoms with E-state index in [9.17, 15) is 26.4 Å². The van der Waals surface area contributed by atoms with Crippen molar-refractivity contribution >= 4 is 16.2 Å². The average Bonchev–Trinajstić information content (AvgIpc) is 1.94. The van der Waals surface area contributed by atoms with Crippen molar-refractivity contribution in [3.8, 4) is 0 Å². The van der Waals surface area contributed by atoms with Gasteiger partial charge in [0.05, 0.1) is 6.42 Å². The summed E-state index contributed by atoms with van der Waals surface area (Å²) in [6, 6.07) is 0. The first-order valence-electron chi connectivity index (χ1n) is 4.40. The Hall–Kier alpha value is -0.870. The minimum Gasteiger partial charge on any atom is -0.481 e. The number of hydrogen-bond acceptors (Lipinski definition) is 3. The van der Waals surface area contributed by atoms with Crippen molar-refractivity contribution < 1.29 is 31.5 Å². The van der Waals surface area contributed by atoms with Crippen LogP contribution in [0, 0.1) is 0 Å². The van der Waals surface area contributed by atoms with Gasteiger partial charge in [-0.2, -0.15) is 31.0 Å². The first kappa shape index (κ1) is 16.1. The second kappa shape index (κ2) is 5.19. The largest absolute Gasteiger partial charge is 0.481 e. The van der Waals surface area contributed by atoms with Gasteiger partial charge in [-0.05, 0) is 13.8 Å². The molecule has 6 nitrogen and oxygen atoms in total. The Morgan fingerprint density at radius 2 is 1.76 bits per heavy atom. The summed E-state index contributed by atoms with van der Waals surface area (Å²) in [5, 5.41) is 8.47. The molecule has 10 heteroatoms. The van der Waals surface area contributed by atoms with Crippen LogP contribution in [0.4, 0.5) is 13.2 Å². The van der Waals surface area contributed by atoms with Crippen molar-refractivity contribution in [3.63, 3.8) is 0 Å². The molecular formula is C7H13F3N2O4S. The number of nitrogens with one attached hydrogen (secondary N) is 2. The molecule has 102 valence electrons. The topological polar surface area (TPSA) is 95.5 Å². The highest BCUT2D eigenvalue weighted by molar-refractivity contribution is 7.87. The van der Waals surface area contributed by atoms with Gasteiger partial charge in [0.2, 0.25) is 0 Å². The standard InChI is InChI=1S/C7H13F3N2O4S/c1-6(2,3-5(13)14)12-17(15,16)11-4-7(8,9)10/h11-12H,3-4H2,1-2H3,(H,13,14). The summed E-state index contributed by atoms with van der Waals surface area (Å²) in [4.78, 5) is 10.4. The molecule has 0 saturated carbocycles. The predicted molar refractivity (Wildman–Crippen MR) is 52.4 cm³/mol. The van der Waals surface area contributed by atoms with E-state index in [4.69, 9.17) is 5.11 Å². The molecule has 0 spiro atoms. The molecule has 0 aromatic rings. The normalized spacial score (nSPS) is 13.7. The van der Waals surface area contributed by atoms with E-state index in [-0.39, 0.29) is 0 Å². The van der Waals surface area contributed by atoms with E-state index in [1.807, 2.05) is 4.72 Å². The number of carbonyl (C=O) groups is 1. The lowest BCUT2D eigenvalue weighted by Gasteiger charge is -2.24. The van der Waals surface area contributed by atoms with Crippen molar-refractivity contribution in [1.29, 1.82) is 0 Å². The van der Waals surface area contributed by atoms with Crippen molar-refractivity contribution in [2.24, 2.45) is 0 Å². The number of aliphatic carboxylic acids is 1. The lowest BCUT2D eigenvalue weighted by molar-refractivity contribution is -0.138. The third kappa shape index (κ3) is 8.89. The summed E-state index contributed by atoms with van der Waals surface area (Å²) in [5.41, 5.74) is -1.39. The fraction of sp³-hybridized carbons (Fsp3) is 0.857. The molecule has 0 radical (unpaired) electrons. The Morgan fingerprint density at radius 1 is 1.29 bits per heavy atom. The fourth-order valence-electron chi connectivity index (χ4n) is 0.991. The minimum atomic E-state index is -4.67. The molecule has 0 unspecified atom stereocenters. The molecule has 0 aliphatic rings. The predicted octanol–water partition coefficient (Wildman–Crippen LogP) is 0.226. The quantitative estimate of drug-likeness (QED) is 0.648. The van der Waals surface area contributed by atoms with E-state index in [1.165, 1.54) is 18.6 Å². The maximum absolute atomic E-state index is 11.8. The zero-order valence-electron chi connectivity index (χ0n) is 9.13. The summed E-state index contributed by atoms with van der Waals surface area (Å²) in [5.74, 6) is -1.27. The highest BCUT2D eigenvalue weighted by Crippen LogP contribution is 2.13. The molecule has 0 atom stereocenters. The van der Waals surface area contributed by atoms with E-state index >= 15 is 0 Å². The highest BCUT2D eigenvalue weighted by Gasteiger charge is 2.32. The molecule has 3 N–H and O–H groups in total. The molecule has 0 aliphatic heterocycles. The highest BCUT2D eigenvalue weighted by atomic mass is 32.2. The van der Waals surface area contributed by atoms with Gasteiger partial charge in [0.15, 0.2) is 0 Å². The molecule has 17 heavy (non-hydrogen) atoms. The number of halogens is 3. The monoisotopic (exact) mass is 278 g/mol. The second-order valence-corrected chi connectivity index (χ2v) is 5.50. The maximum Gasteiger partial charge on any atom is 0.402 e. The summed E-state index contributed by atoms with van der Waals surface area (Å²) in [6.45, 7) is 0.771. The van der Waals surface area contributed by atoms with Crippen LogP contribution in [0.1, 0.15) is 20.3 Å². The van der Waals surface area contributed by atoms with Crippen LogP contribution >= 0.6 is 0 Å². The number of alkyl halides is 3. The van der Waals surface area contributed by atoms with Gasteiger partial charge in [-0.15, -0.1) is 0 Å². The van der Waals surface area contributed by atoms with Crippen molar-refractivity contribution in [2.75, 3.05) is 6.54 Å². The molecular weight excluding hydrogens is 265 g/mol. The third-order valence-electron chi connectivity index (χ3n) is 1.47. The van der Waals surface area contributed by atoms with Gasteiger partial charge in [0.25, 0.3) is 10.2 Å². The average molecular weight is 278 g/mol. The van der Waals surface area contributed by atoms with Crippen LogP contribution in [0.5, 0.6) is 0 Å². The molecule has 0 heterocycles. The number of carboxylic acids is 1. The van der Waals surface area contributed by atoms with Crippen LogP contribution < -0.4 is 9.44 Å². The lowest BCUT2D eigenvalue weighted by atomic mass is 10.0. The van der Waals surface area contributed by atoms with Gasteiger partial charge >= 0.3 is 12.1 Å². The molecule has 0 amide bonds. The first-order valence-corrected chi connectivity index (χ1v) is 5.88. The van der Waals surface area contributed by atoms with Crippen LogP contribution in [-0.2, 0) is 15.0 Å². The van der Waals surface area contributed by atoms with Gasteiger partial charge in [-0.25, -0.2) is 0 Å². The van der Waals surface area contributed by atoms with E-state index in [2.05, 4.69) is 0 Å². The first-order chi connectivity index (χ1) is 7.33. The van der Waals surface area contributed by atoms with Gasteiger partial charge in [-0.3, -0.25) is 4.79 Å². The van der Waals surface area contributed by atoms with Crippen LogP contribution in [-0.4, -0.2) is 37.8 Å². The number of hydrogen-bond donors (Lipinski definition) is 3. The van der Waals surface area contributed by atoms with Crippen molar-refractivity contribution in [2.45, 2.75) is 32.0 Å². The lowest BCUT2D eigenvalue weighted by Crippen LogP contribution is -2.51. The zero-order chi connectivity index (χ0) is 13.9. The molecule has 0 fully saturated rings. The minimum absolute atomic E-state index is 0.556. The van der Waals surface area contributed by atoms with E-state index in [0.717, 1.165) is 0 Å². The van der Waals surface area contributed by atoms with Crippen LogP contribution in [0.25, 0.3) is 0 Å². The van der Waals surface area contributed by atoms with E-state index < -0.39 is 40.9 Å². The Labute approximate surface area is 96.4 Å².